The molecule has 43 heavy (non-hydrogen) atoms. The molecule has 0 fully saturated rings. The number of carbonyl (C=O) groups is 3. The number of carbonyl (C=O) groups excluding carboxylic acids is 3. The predicted octanol–water partition coefficient (Wildman–Crippen LogP) is 5.94. The number of nitrogens with one attached hydrogen (secondary N) is 1. The van der Waals surface area contributed by atoms with Gasteiger partial charge in [0.1, 0.15) is 0 Å². The van der Waals surface area contributed by atoms with E-state index in [1.54, 1.807) is 0 Å². The number of nitrogens with zero attached hydrogens (tertiary/aromatic N) is 3. The second kappa shape index (κ2) is 16.0. The lowest BCUT2D eigenvalue weighted by atomic mass is 10.2. The maximum absolute atomic E-state index is 11.3. The molecule has 0 saturated heterocycles. The minimum absolute atomic E-state index is 0.0431. The minimum atomic E-state index is -0.757. The minimum Gasteiger partial charge on any atom is -0.472 e. The van der Waals surface area contributed by atoms with Crippen LogP contribution in [-0.2, 0) is 14.4 Å². The molecule has 0 unspecified atom stereocenters. The quantitative estimate of drug-likeness (QED) is 0.130. The van der Waals surface area contributed by atoms with Gasteiger partial charge in [0.25, 0.3) is 17.7 Å². The van der Waals surface area contributed by atoms with Crippen LogP contribution in [0.15, 0.2) is 113 Å². The molecule has 0 bridgehead atoms. The third-order valence-electron chi connectivity index (χ3n) is 5.53. The molecule has 1 aliphatic rings. The number of fused-ring (bicyclic) bond motifs is 1. The van der Waals surface area contributed by atoms with E-state index in [9.17, 15) is 24.5 Å². The molecule has 0 spiro atoms. The van der Waals surface area contributed by atoms with Gasteiger partial charge in [0.15, 0.2) is 6.10 Å². The fourth-order valence-electron chi connectivity index (χ4n) is 3.72. The van der Waals surface area contributed by atoms with Crippen molar-refractivity contribution >= 4 is 64.5 Å². The third-order valence-corrected chi connectivity index (χ3v) is 8.19. The fraction of sp³-hybridized carbons (Fsp3) is 0.129. The van der Waals surface area contributed by atoms with Crippen LogP contribution in [0.3, 0.4) is 0 Å². The summed E-state index contributed by atoms with van der Waals surface area (Å²) in [5.41, 5.74) is -0.0309. The Morgan fingerprint density at radius 3 is 1.63 bits per heavy atom. The van der Waals surface area contributed by atoms with Gasteiger partial charge in [0.05, 0.1) is 10.6 Å². The van der Waals surface area contributed by atoms with Crippen molar-refractivity contribution in [3.8, 4) is 5.75 Å². The van der Waals surface area contributed by atoms with Crippen molar-refractivity contribution < 1.29 is 24.0 Å². The number of azo groups is 1. The number of benzene rings is 4. The number of hydrogen-bond donors (Lipinski definition) is 1. The van der Waals surface area contributed by atoms with Crippen LogP contribution >= 0.6 is 19.5 Å². The molecule has 1 aliphatic heterocycles. The Morgan fingerprint density at radius 2 is 1.26 bits per heavy atom. The number of amides is 3. The Morgan fingerprint density at radius 1 is 0.837 bits per heavy atom. The van der Waals surface area contributed by atoms with Gasteiger partial charge in [-0.15, -0.1) is 10.2 Å². The zero-order valence-corrected chi connectivity index (χ0v) is 25.2. The lowest BCUT2D eigenvalue weighted by molar-refractivity contribution is -0.385. The molecule has 4 aromatic carbocycles. The van der Waals surface area contributed by atoms with E-state index in [1.165, 1.54) is 48.8 Å². The molecular formula is C31H28ClN4O6P. The standard InChI is InChI=1S/C18H15P.C9H7ClN2O4.C4H6N2O2/c1-4-10-16(11-5-1)19(17-12-6-2-7-13-17)18-14-8-3-9-15-18;1-4-9(13)11-6-2-5(10)3-7(12(14)15)8(6)16-4;1-3(7)5-6-4(2)8/h1-15H;2-4H,1H3,(H,11,13);1-2H3/t;4-;/m.1./s1. The van der Waals surface area contributed by atoms with Gasteiger partial charge in [-0.05, 0) is 36.8 Å². The molecule has 220 valence electrons. The van der Waals surface area contributed by atoms with Crippen LogP contribution in [0.4, 0.5) is 11.4 Å². The monoisotopic (exact) mass is 618 g/mol. The van der Waals surface area contributed by atoms with E-state index in [4.69, 9.17) is 16.3 Å². The van der Waals surface area contributed by atoms with E-state index in [-0.39, 0.29) is 28.1 Å². The Balaban J connectivity index is 0.000000192. The third kappa shape index (κ3) is 9.92. The van der Waals surface area contributed by atoms with Crippen LogP contribution < -0.4 is 26.0 Å². The highest BCUT2D eigenvalue weighted by Crippen LogP contribution is 2.40. The van der Waals surface area contributed by atoms with Gasteiger partial charge in [-0.25, -0.2) is 0 Å². The van der Waals surface area contributed by atoms with Gasteiger partial charge < -0.3 is 10.1 Å². The predicted molar refractivity (Wildman–Crippen MR) is 168 cm³/mol. The molecule has 12 heteroatoms. The summed E-state index contributed by atoms with van der Waals surface area (Å²) in [5.74, 6) is -1.23. The largest absolute Gasteiger partial charge is 0.472 e. The van der Waals surface area contributed by atoms with Crippen LogP contribution in [0.2, 0.25) is 5.02 Å². The highest BCUT2D eigenvalue weighted by Gasteiger charge is 2.30. The molecular weight excluding hydrogens is 591 g/mol. The summed E-state index contributed by atoms with van der Waals surface area (Å²) in [6.07, 6.45) is -0.757. The first-order valence-corrected chi connectivity index (χ1v) is 14.6. The lowest BCUT2D eigenvalue weighted by Crippen LogP contribution is -2.34. The van der Waals surface area contributed by atoms with E-state index >= 15 is 0 Å². The van der Waals surface area contributed by atoms with Gasteiger partial charge in [-0.2, -0.15) is 0 Å². The molecule has 4 aromatic rings. The van der Waals surface area contributed by atoms with Crippen LogP contribution in [-0.4, -0.2) is 28.7 Å². The second-order valence-corrected chi connectivity index (χ2v) is 11.5. The van der Waals surface area contributed by atoms with E-state index < -0.39 is 30.8 Å². The molecule has 0 aromatic heterocycles. The average molecular weight is 619 g/mol. The number of nitro groups is 1. The molecule has 0 radical (unpaired) electrons. The molecule has 1 heterocycles. The normalized spacial score (nSPS) is 13.3. The van der Waals surface area contributed by atoms with Crippen LogP contribution in [0, 0.1) is 10.1 Å². The Labute approximate surface area is 254 Å². The summed E-state index contributed by atoms with van der Waals surface area (Å²) < 4.78 is 5.18. The molecule has 1 N–H and O–H groups in total. The van der Waals surface area contributed by atoms with Crippen LogP contribution in [0.5, 0.6) is 5.75 Å². The van der Waals surface area contributed by atoms with Gasteiger partial charge in [-0.3, -0.25) is 24.5 Å². The number of hydrogen-bond acceptors (Lipinski definition) is 6. The van der Waals surface area contributed by atoms with Crippen molar-refractivity contribution in [1.29, 1.82) is 0 Å². The van der Waals surface area contributed by atoms with E-state index in [0.717, 1.165) is 0 Å². The van der Waals surface area contributed by atoms with Gasteiger partial charge in [0, 0.05) is 24.9 Å². The molecule has 3 amide bonds. The number of ether oxygens (including phenoxy) is 1. The van der Waals surface area contributed by atoms with Crippen molar-refractivity contribution in [2.24, 2.45) is 10.2 Å². The zero-order chi connectivity index (χ0) is 31.4. The summed E-state index contributed by atoms with van der Waals surface area (Å²) >= 11 is 5.70. The molecule has 0 aliphatic carbocycles. The van der Waals surface area contributed by atoms with Crippen molar-refractivity contribution in [1.82, 2.24) is 0 Å². The van der Waals surface area contributed by atoms with Crippen molar-refractivity contribution in [2.75, 3.05) is 5.32 Å². The molecule has 1 atom stereocenters. The zero-order valence-electron chi connectivity index (χ0n) is 23.5. The summed E-state index contributed by atoms with van der Waals surface area (Å²) in [6, 6.07) is 34.9. The van der Waals surface area contributed by atoms with Gasteiger partial charge in [0.2, 0.25) is 5.75 Å². The Kier molecular flexibility index (Phi) is 12.2. The van der Waals surface area contributed by atoms with Crippen molar-refractivity contribution in [2.45, 2.75) is 26.9 Å². The molecule has 10 nitrogen and oxygen atoms in total. The first-order valence-electron chi connectivity index (χ1n) is 12.9. The van der Waals surface area contributed by atoms with Gasteiger partial charge >= 0.3 is 5.69 Å². The Hall–Kier alpha value is -4.79. The van der Waals surface area contributed by atoms with E-state index in [2.05, 4.69) is 107 Å². The van der Waals surface area contributed by atoms with Crippen LogP contribution in [0.25, 0.3) is 0 Å². The maximum Gasteiger partial charge on any atom is 0.314 e. The number of nitro benzene ring substituents is 1. The fourth-order valence-corrected chi connectivity index (χ4v) is 6.23. The topological polar surface area (TPSA) is 140 Å². The number of halogens is 1. The number of rotatable bonds is 4. The lowest BCUT2D eigenvalue weighted by Gasteiger charge is -2.22. The maximum atomic E-state index is 11.3. The average Bonchev–Trinajstić information content (AvgIpc) is 2.99. The molecule has 0 saturated carbocycles. The van der Waals surface area contributed by atoms with Crippen molar-refractivity contribution in [3.05, 3.63) is 118 Å². The summed E-state index contributed by atoms with van der Waals surface area (Å²) in [5, 5.41) is 23.5. The smallest absolute Gasteiger partial charge is 0.314 e. The summed E-state index contributed by atoms with van der Waals surface area (Å²) in [4.78, 5) is 41.3. The second-order valence-electron chi connectivity index (χ2n) is 8.89. The first kappa shape index (κ1) is 32.7. The Bertz CT molecular complexity index is 1500. The van der Waals surface area contributed by atoms with E-state index in [0.29, 0.717) is 0 Å². The van der Waals surface area contributed by atoms with Crippen LogP contribution in [0.1, 0.15) is 20.8 Å². The highest BCUT2D eigenvalue weighted by molar-refractivity contribution is 7.79. The number of anilines is 1. The van der Waals surface area contributed by atoms with E-state index in [1.807, 2.05) is 0 Å². The highest BCUT2D eigenvalue weighted by atomic mass is 35.5. The first-order chi connectivity index (χ1) is 20.6. The SMILES string of the molecule is CC(=O)N=NC(C)=O.C[C@H]1Oc2c(cc(Cl)cc2[N+](=O)[O-])NC1=O.c1ccc(P(c2ccccc2)c2ccccc2)cc1. The van der Waals surface area contributed by atoms with Gasteiger partial charge in [-0.1, -0.05) is 103 Å². The summed E-state index contributed by atoms with van der Waals surface area (Å²) in [7, 11) is -0.446. The summed E-state index contributed by atoms with van der Waals surface area (Å²) in [6.45, 7) is 3.97. The van der Waals surface area contributed by atoms with Crippen molar-refractivity contribution in [3.63, 3.8) is 0 Å². The molecule has 5 rings (SSSR count).